The third kappa shape index (κ3) is 5.18. The Bertz CT molecular complexity index is 1130. The topological polar surface area (TPSA) is 0 Å². The second-order valence-electron chi connectivity index (χ2n) is 10.5. The largest absolute Gasteiger partial charge is 1.00 e. The van der Waals surface area contributed by atoms with Crippen LogP contribution in [0, 0.1) is 29.6 Å². The number of rotatable bonds is 5. The van der Waals surface area contributed by atoms with Crippen LogP contribution < -0.4 is 24.8 Å². The van der Waals surface area contributed by atoms with Gasteiger partial charge < -0.3 is 24.8 Å². The second-order valence-corrected chi connectivity index (χ2v) is 14.1. The van der Waals surface area contributed by atoms with Gasteiger partial charge in [-0.2, -0.15) is 0 Å². The van der Waals surface area contributed by atoms with Gasteiger partial charge in [-0.3, -0.25) is 0 Å². The maximum Gasteiger partial charge on any atom is -1.00 e. The molecule has 185 valence electrons. The summed E-state index contributed by atoms with van der Waals surface area (Å²) in [5.74, 6) is 4.04. The van der Waals surface area contributed by atoms with Gasteiger partial charge in [0.2, 0.25) is 0 Å². The van der Waals surface area contributed by atoms with E-state index in [0.717, 1.165) is 33.2 Å². The summed E-state index contributed by atoms with van der Waals surface area (Å²) < 4.78 is 2.57. The van der Waals surface area contributed by atoms with E-state index in [1.807, 2.05) is 5.57 Å². The van der Waals surface area contributed by atoms with Gasteiger partial charge in [0.05, 0.1) is 0 Å². The molecule has 4 aliphatic carbocycles. The number of fused-ring (bicyclic) bond motifs is 3. The van der Waals surface area contributed by atoms with Crippen LogP contribution in [-0.2, 0) is 22.8 Å². The summed E-state index contributed by atoms with van der Waals surface area (Å²) in [5.41, 5.74) is 6.42. The Labute approximate surface area is 240 Å². The normalized spacial score (nSPS) is 29.6. The summed E-state index contributed by atoms with van der Waals surface area (Å²) in [4.78, 5) is 0. The standard InChI is InChI=1S/C20H25.C13H10.2ClH.Zr/c1-2-14-8-5-10-16(14)18-11-6-12-19-17-9-4-3-7-15(17)13-20(18)19;1-3-7-12(8-4-1)11-13-9-5-2-6-10-13;;;/h3-5,7-9,13,15,17-20H,2,6,10-12H2,1H3;1-10H;2*1H;/q;;;;+2/p-2. The fourth-order valence-electron chi connectivity index (χ4n) is 7.52. The summed E-state index contributed by atoms with van der Waals surface area (Å²) in [7, 11) is 0. The summed E-state index contributed by atoms with van der Waals surface area (Å²) >= 11 is -0.899. The predicted octanol–water partition coefficient (Wildman–Crippen LogP) is 2.21. The van der Waals surface area contributed by atoms with Crippen LogP contribution >= 0.6 is 0 Å². The molecule has 6 rings (SSSR count). The Morgan fingerprint density at radius 2 is 1.47 bits per heavy atom. The van der Waals surface area contributed by atoms with Gasteiger partial charge in [-0.25, -0.2) is 0 Å². The van der Waals surface area contributed by atoms with Crippen LogP contribution in [-0.4, -0.2) is 3.21 Å². The fraction of sp³-hybridized carbons (Fsp3) is 0.364. The van der Waals surface area contributed by atoms with Gasteiger partial charge in [-0.1, -0.05) is 0 Å². The van der Waals surface area contributed by atoms with E-state index in [-0.39, 0.29) is 24.8 Å². The molecule has 0 nitrogen and oxygen atoms in total. The van der Waals surface area contributed by atoms with E-state index in [4.69, 9.17) is 0 Å². The number of hydrogen-bond donors (Lipinski definition) is 0. The third-order valence-electron chi connectivity index (χ3n) is 8.89. The monoisotopic (exact) mass is 591 g/mol. The summed E-state index contributed by atoms with van der Waals surface area (Å²) in [6.07, 6.45) is 21.5. The summed E-state index contributed by atoms with van der Waals surface area (Å²) in [5, 5.41) is 0. The van der Waals surface area contributed by atoms with Crippen molar-refractivity contribution in [2.45, 2.75) is 42.7 Å². The first-order valence-electron chi connectivity index (χ1n) is 13.3. The molecule has 4 aliphatic rings. The Kier molecular flexibility index (Phi) is 9.65. The Hall–Kier alpha value is -1.27. The van der Waals surface area contributed by atoms with Gasteiger partial charge in [-0.05, 0) is 0 Å². The van der Waals surface area contributed by atoms with E-state index in [2.05, 4.69) is 104 Å². The predicted molar refractivity (Wildman–Crippen MR) is 140 cm³/mol. The summed E-state index contributed by atoms with van der Waals surface area (Å²) in [6, 6.07) is 22.7. The van der Waals surface area contributed by atoms with Crippen molar-refractivity contribution >= 4 is 3.21 Å². The van der Waals surface area contributed by atoms with E-state index >= 15 is 0 Å². The quantitative estimate of drug-likeness (QED) is 0.499. The van der Waals surface area contributed by atoms with Gasteiger partial charge in [0.1, 0.15) is 0 Å². The molecule has 2 aromatic rings. The Balaban J connectivity index is 0.00000152. The molecule has 3 heteroatoms. The molecule has 0 bridgehead atoms. The van der Waals surface area contributed by atoms with E-state index in [9.17, 15) is 0 Å². The molecule has 0 spiro atoms. The molecular weight excluding hydrogens is 558 g/mol. The second kappa shape index (κ2) is 12.5. The molecular formula is C33H35Cl2Zr. The van der Waals surface area contributed by atoms with E-state index in [1.165, 1.54) is 43.2 Å². The Morgan fingerprint density at radius 3 is 2.11 bits per heavy atom. The van der Waals surface area contributed by atoms with Crippen molar-refractivity contribution in [1.29, 1.82) is 0 Å². The molecule has 0 amide bonds. The molecule has 6 unspecified atom stereocenters. The molecule has 2 fully saturated rings. The first-order chi connectivity index (χ1) is 16.8. The first kappa shape index (κ1) is 27.8. The van der Waals surface area contributed by atoms with Crippen LogP contribution in [0.5, 0.6) is 0 Å². The fourth-order valence-corrected chi connectivity index (χ4v) is 12.9. The zero-order valence-corrected chi connectivity index (χ0v) is 25.0. The zero-order valence-electron chi connectivity index (χ0n) is 21.0. The van der Waals surface area contributed by atoms with Crippen molar-refractivity contribution < 1.29 is 47.6 Å². The minimum Gasteiger partial charge on any atom is -1.00 e. The van der Waals surface area contributed by atoms with Crippen molar-refractivity contribution in [3.05, 3.63) is 119 Å². The number of benzene rings is 2. The van der Waals surface area contributed by atoms with Crippen molar-refractivity contribution in [2.24, 2.45) is 29.6 Å². The summed E-state index contributed by atoms with van der Waals surface area (Å²) in [6.45, 7) is 2.36. The number of halogens is 2. The third-order valence-corrected chi connectivity index (χ3v) is 13.7. The number of allylic oxidation sites excluding steroid dienone is 8. The first-order valence-corrected chi connectivity index (χ1v) is 16.0. The zero-order chi connectivity index (χ0) is 22.9. The maximum atomic E-state index is 2.61. The van der Waals surface area contributed by atoms with Crippen LogP contribution in [0.3, 0.4) is 0 Å². The SMILES string of the molecule is CCC1=C(C2CCCC3C4C=CC=CC4[CH]([Zr+2]=[C](c4ccccc4)c4ccccc4)C23)CC=C1.[Cl-].[Cl-]. The minimum absolute atomic E-state index is 0. The molecule has 0 heterocycles. The van der Waals surface area contributed by atoms with E-state index in [1.54, 1.807) is 8.78 Å². The van der Waals surface area contributed by atoms with Crippen LogP contribution in [0.4, 0.5) is 0 Å². The molecule has 0 aromatic heterocycles. The molecule has 36 heavy (non-hydrogen) atoms. The van der Waals surface area contributed by atoms with E-state index in [0.29, 0.717) is 0 Å². The maximum absolute atomic E-state index is 2.61. The molecule has 6 atom stereocenters. The molecule has 0 N–H and O–H groups in total. The average molecular weight is 594 g/mol. The van der Waals surface area contributed by atoms with Gasteiger partial charge in [0.25, 0.3) is 0 Å². The van der Waals surface area contributed by atoms with Crippen molar-refractivity contribution in [1.82, 2.24) is 0 Å². The van der Waals surface area contributed by atoms with Gasteiger partial charge >= 0.3 is 218 Å². The number of hydrogen-bond acceptors (Lipinski definition) is 0. The molecule has 0 saturated heterocycles. The van der Waals surface area contributed by atoms with Crippen LogP contribution in [0.25, 0.3) is 0 Å². The van der Waals surface area contributed by atoms with Gasteiger partial charge in [0, 0.05) is 0 Å². The molecule has 2 aromatic carbocycles. The molecule has 2 saturated carbocycles. The molecule has 0 radical (unpaired) electrons. The van der Waals surface area contributed by atoms with Crippen LogP contribution in [0.15, 0.2) is 108 Å². The smallest absolute Gasteiger partial charge is 1.00 e. The Morgan fingerprint density at radius 1 is 0.833 bits per heavy atom. The van der Waals surface area contributed by atoms with Gasteiger partial charge in [-0.15, -0.1) is 0 Å². The van der Waals surface area contributed by atoms with Gasteiger partial charge in [0.15, 0.2) is 0 Å². The van der Waals surface area contributed by atoms with Crippen molar-refractivity contribution in [2.75, 3.05) is 0 Å². The minimum atomic E-state index is -0.899. The molecule has 0 aliphatic heterocycles. The van der Waals surface area contributed by atoms with Crippen molar-refractivity contribution in [3.63, 3.8) is 0 Å². The van der Waals surface area contributed by atoms with Crippen molar-refractivity contribution in [3.8, 4) is 0 Å². The van der Waals surface area contributed by atoms with E-state index < -0.39 is 22.8 Å². The van der Waals surface area contributed by atoms with Crippen LogP contribution in [0.1, 0.15) is 50.2 Å². The average Bonchev–Trinajstić information content (AvgIpc) is 3.51. The van der Waals surface area contributed by atoms with Crippen LogP contribution in [0.2, 0.25) is 3.63 Å².